The van der Waals surface area contributed by atoms with Crippen LogP contribution < -0.4 is 4.90 Å². The molecule has 2 atom stereocenters. The third-order valence-electron chi connectivity index (χ3n) is 5.80. The lowest BCUT2D eigenvalue weighted by atomic mass is 9.68. The second-order valence-corrected chi connectivity index (χ2v) is 8.67. The van der Waals surface area contributed by atoms with E-state index in [0.717, 1.165) is 11.3 Å². The van der Waals surface area contributed by atoms with E-state index in [-0.39, 0.29) is 22.9 Å². The number of aliphatic imine (C=N–C) groups is 1. The zero-order valence-corrected chi connectivity index (χ0v) is 17.0. The summed E-state index contributed by atoms with van der Waals surface area (Å²) in [6.45, 7) is 5.95. The lowest BCUT2D eigenvalue weighted by molar-refractivity contribution is -0.125. The normalized spacial score (nSPS) is 23.0. The van der Waals surface area contributed by atoms with E-state index in [1.807, 2.05) is 31.2 Å². The number of benzene rings is 2. The Bertz CT molecular complexity index is 994. The standard InChI is InChI=1S/C24H25FN2O2/c1-4-21(29)27-19-8-6-5-7-17(19)26-18-13-24(2,3)14-20(28)22(18)23(27)15-9-11-16(25)12-10-15/h5-12,22-23H,4,13-14H2,1-3H3. The number of anilines is 1. The number of para-hydroxylation sites is 2. The molecule has 1 amide bonds. The number of ketones is 1. The first-order chi connectivity index (χ1) is 13.8. The van der Waals surface area contributed by atoms with Crippen LogP contribution in [0.2, 0.25) is 0 Å². The van der Waals surface area contributed by atoms with Crippen molar-refractivity contribution in [3.05, 3.63) is 59.9 Å². The highest BCUT2D eigenvalue weighted by atomic mass is 19.1. The van der Waals surface area contributed by atoms with Crippen LogP contribution in [0.25, 0.3) is 0 Å². The van der Waals surface area contributed by atoms with Gasteiger partial charge in [0, 0.05) is 18.6 Å². The smallest absolute Gasteiger partial charge is 0.227 e. The highest BCUT2D eigenvalue weighted by molar-refractivity contribution is 6.13. The quantitative estimate of drug-likeness (QED) is 0.687. The Kier molecular flexibility index (Phi) is 4.85. The van der Waals surface area contributed by atoms with Crippen molar-refractivity contribution in [2.45, 2.75) is 46.1 Å². The van der Waals surface area contributed by atoms with E-state index >= 15 is 0 Å². The van der Waals surface area contributed by atoms with Gasteiger partial charge < -0.3 is 4.90 Å². The largest absolute Gasteiger partial charge is 0.302 e. The summed E-state index contributed by atoms with van der Waals surface area (Å²) < 4.78 is 13.6. The molecule has 1 saturated carbocycles. The summed E-state index contributed by atoms with van der Waals surface area (Å²) in [5, 5.41) is 0. The first kappa shape index (κ1) is 19.5. The number of fused-ring (bicyclic) bond motifs is 2. The number of amides is 1. The second-order valence-electron chi connectivity index (χ2n) is 8.67. The fourth-order valence-corrected chi connectivity index (χ4v) is 4.57. The minimum Gasteiger partial charge on any atom is -0.302 e. The first-order valence-corrected chi connectivity index (χ1v) is 10.1. The van der Waals surface area contributed by atoms with Crippen LogP contribution in [0, 0.1) is 17.2 Å². The molecule has 0 aromatic heterocycles. The Hall–Kier alpha value is -2.82. The van der Waals surface area contributed by atoms with Gasteiger partial charge in [0.15, 0.2) is 0 Å². The lowest BCUT2D eigenvalue weighted by Gasteiger charge is -2.41. The highest BCUT2D eigenvalue weighted by Gasteiger charge is 2.47. The van der Waals surface area contributed by atoms with Gasteiger partial charge in [0.05, 0.1) is 23.3 Å². The van der Waals surface area contributed by atoms with Gasteiger partial charge in [-0.15, -0.1) is 0 Å². The maximum atomic E-state index is 13.6. The molecule has 0 saturated heterocycles. The Morgan fingerprint density at radius 1 is 1.14 bits per heavy atom. The van der Waals surface area contributed by atoms with Crippen LogP contribution in [0.3, 0.4) is 0 Å². The molecule has 0 radical (unpaired) electrons. The first-order valence-electron chi connectivity index (χ1n) is 10.1. The van der Waals surface area contributed by atoms with Gasteiger partial charge in [-0.1, -0.05) is 45.0 Å². The van der Waals surface area contributed by atoms with Crippen molar-refractivity contribution in [3.8, 4) is 0 Å². The third-order valence-corrected chi connectivity index (χ3v) is 5.80. The van der Waals surface area contributed by atoms with Crippen molar-refractivity contribution in [2.75, 3.05) is 4.90 Å². The van der Waals surface area contributed by atoms with Crippen molar-refractivity contribution in [1.29, 1.82) is 0 Å². The molecular weight excluding hydrogens is 367 g/mol. The van der Waals surface area contributed by atoms with E-state index in [1.165, 1.54) is 12.1 Å². The Balaban J connectivity index is 1.98. The number of rotatable bonds is 2. The van der Waals surface area contributed by atoms with E-state index < -0.39 is 12.0 Å². The molecule has 2 aromatic rings. The van der Waals surface area contributed by atoms with E-state index in [9.17, 15) is 14.0 Å². The maximum absolute atomic E-state index is 13.6. The zero-order valence-electron chi connectivity index (χ0n) is 17.0. The minimum absolute atomic E-state index is 0.0797. The van der Waals surface area contributed by atoms with E-state index in [2.05, 4.69) is 13.8 Å². The van der Waals surface area contributed by atoms with Crippen molar-refractivity contribution >= 4 is 28.8 Å². The molecule has 1 fully saturated rings. The number of carbonyl (C=O) groups excluding carboxylic acids is 2. The summed E-state index contributed by atoms with van der Waals surface area (Å²) in [4.78, 5) is 33.1. The van der Waals surface area contributed by atoms with Gasteiger partial charge in [0.2, 0.25) is 5.91 Å². The molecule has 4 nitrogen and oxygen atoms in total. The fourth-order valence-electron chi connectivity index (χ4n) is 4.57. The van der Waals surface area contributed by atoms with Gasteiger partial charge in [0.1, 0.15) is 11.6 Å². The molecule has 2 aliphatic rings. The predicted molar refractivity (Wildman–Crippen MR) is 112 cm³/mol. The summed E-state index contributed by atoms with van der Waals surface area (Å²) in [5.74, 6) is -0.880. The average Bonchev–Trinajstić information content (AvgIpc) is 2.81. The van der Waals surface area contributed by atoms with Crippen molar-refractivity contribution in [1.82, 2.24) is 0 Å². The molecule has 1 heterocycles. The predicted octanol–water partition coefficient (Wildman–Crippen LogP) is 5.40. The van der Waals surface area contributed by atoms with Crippen LogP contribution in [0.1, 0.15) is 51.6 Å². The third kappa shape index (κ3) is 3.50. The SMILES string of the molecule is CCC(=O)N1c2ccccc2N=C2CC(C)(C)CC(=O)C2C1c1ccc(F)cc1. The van der Waals surface area contributed by atoms with Crippen molar-refractivity contribution < 1.29 is 14.0 Å². The van der Waals surface area contributed by atoms with Gasteiger partial charge in [-0.2, -0.15) is 0 Å². The Labute approximate surface area is 170 Å². The average molecular weight is 392 g/mol. The van der Waals surface area contributed by atoms with Gasteiger partial charge in [-0.3, -0.25) is 14.6 Å². The van der Waals surface area contributed by atoms with E-state index in [0.29, 0.717) is 30.6 Å². The molecule has 4 rings (SSSR count). The molecule has 1 aliphatic heterocycles. The van der Waals surface area contributed by atoms with Crippen LogP contribution in [-0.2, 0) is 9.59 Å². The van der Waals surface area contributed by atoms with Gasteiger partial charge in [0.25, 0.3) is 0 Å². The number of carbonyl (C=O) groups is 2. The molecule has 0 N–H and O–H groups in total. The molecule has 1 aliphatic carbocycles. The highest BCUT2D eigenvalue weighted by Crippen LogP contribution is 2.48. The summed E-state index contributed by atoms with van der Waals surface area (Å²) in [6, 6.07) is 13.1. The molecule has 5 heteroatoms. The molecule has 0 spiro atoms. The minimum atomic E-state index is -0.533. The summed E-state index contributed by atoms with van der Waals surface area (Å²) in [7, 11) is 0. The second kappa shape index (κ2) is 7.21. The molecule has 2 aromatic carbocycles. The molecule has 150 valence electrons. The van der Waals surface area contributed by atoms with E-state index in [1.54, 1.807) is 17.0 Å². The van der Waals surface area contributed by atoms with Crippen LogP contribution in [-0.4, -0.2) is 17.4 Å². The van der Waals surface area contributed by atoms with Crippen molar-refractivity contribution in [2.24, 2.45) is 16.3 Å². The Morgan fingerprint density at radius 2 is 1.83 bits per heavy atom. The van der Waals surface area contributed by atoms with Gasteiger partial charge in [-0.25, -0.2) is 4.39 Å². The monoisotopic (exact) mass is 392 g/mol. The lowest BCUT2D eigenvalue weighted by Crippen LogP contribution is -2.47. The zero-order chi connectivity index (χ0) is 20.8. The van der Waals surface area contributed by atoms with E-state index in [4.69, 9.17) is 4.99 Å². The fraction of sp³-hybridized carbons (Fsp3) is 0.375. The molecule has 0 bridgehead atoms. The number of Topliss-reactive ketones (excluding diaryl/α,β-unsaturated/α-hetero) is 1. The van der Waals surface area contributed by atoms with Crippen molar-refractivity contribution in [3.63, 3.8) is 0 Å². The number of hydrogen-bond donors (Lipinski definition) is 0. The topological polar surface area (TPSA) is 49.7 Å². The van der Waals surface area contributed by atoms with Crippen LogP contribution in [0.4, 0.5) is 15.8 Å². The van der Waals surface area contributed by atoms with Crippen LogP contribution in [0.5, 0.6) is 0 Å². The molecule has 2 unspecified atom stereocenters. The number of hydrogen-bond acceptors (Lipinski definition) is 3. The summed E-state index contributed by atoms with van der Waals surface area (Å²) >= 11 is 0. The maximum Gasteiger partial charge on any atom is 0.227 e. The number of nitrogens with zero attached hydrogens (tertiary/aromatic N) is 2. The van der Waals surface area contributed by atoms with Crippen LogP contribution in [0.15, 0.2) is 53.5 Å². The summed E-state index contributed by atoms with van der Waals surface area (Å²) in [5.41, 5.74) is 2.76. The number of halogens is 1. The summed E-state index contributed by atoms with van der Waals surface area (Å²) in [6.07, 6.45) is 1.41. The van der Waals surface area contributed by atoms with Crippen LogP contribution >= 0.6 is 0 Å². The van der Waals surface area contributed by atoms with Gasteiger partial charge in [-0.05, 0) is 41.7 Å². The molecule has 29 heavy (non-hydrogen) atoms. The molecular formula is C24H25FN2O2. The van der Waals surface area contributed by atoms with Gasteiger partial charge >= 0.3 is 0 Å². The Morgan fingerprint density at radius 3 is 2.52 bits per heavy atom.